The fourth-order valence-electron chi connectivity index (χ4n) is 2.50. The van der Waals surface area contributed by atoms with Crippen molar-refractivity contribution in [1.29, 1.82) is 0 Å². The Morgan fingerprint density at radius 2 is 2.10 bits per heavy atom. The van der Waals surface area contributed by atoms with Crippen LogP contribution in [0.4, 0.5) is 0 Å². The summed E-state index contributed by atoms with van der Waals surface area (Å²) in [5, 5.41) is 2.95. The van der Waals surface area contributed by atoms with Crippen molar-refractivity contribution in [3.63, 3.8) is 0 Å². The molecule has 1 unspecified atom stereocenters. The van der Waals surface area contributed by atoms with Crippen LogP contribution in [-0.4, -0.2) is 28.1 Å². The summed E-state index contributed by atoms with van der Waals surface area (Å²) in [4.78, 5) is 42.3. The number of hydrogen-bond donors (Lipinski definition) is 1. The Labute approximate surface area is 114 Å². The van der Waals surface area contributed by atoms with Gasteiger partial charge < -0.3 is 0 Å². The number of rotatable bonds is 2. The van der Waals surface area contributed by atoms with Gasteiger partial charge in [-0.15, -0.1) is 0 Å². The smallest absolute Gasteiger partial charge is 0.234 e. The van der Waals surface area contributed by atoms with Gasteiger partial charge in [-0.3, -0.25) is 19.7 Å². The Bertz CT molecular complexity index is 727. The predicted octanol–water partition coefficient (Wildman–Crippen LogP) is 0.962. The zero-order valence-electron chi connectivity index (χ0n) is 10.5. The van der Waals surface area contributed by atoms with Gasteiger partial charge >= 0.3 is 0 Å². The Hall–Kier alpha value is -2.63. The van der Waals surface area contributed by atoms with E-state index in [1.807, 2.05) is 0 Å². The van der Waals surface area contributed by atoms with Crippen molar-refractivity contribution in [2.75, 3.05) is 0 Å². The highest BCUT2D eigenvalue weighted by atomic mass is 16.2. The SMILES string of the molecule is O=Cc1ncnc2c(C3CCC(=O)NC3=O)cccc12. The molecule has 0 saturated carbocycles. The number of imide groups is 1. The number of aldehydes is 1. The van der Waals surface area contributed by atoms with E-state index in [2.05, 4.69) is 15.3 Å². The fraction of sp³-hybridized carbons (Fsp3) is 0.214. The van der Waals surface area contributed by atoms with Gasteiger partial charge in [0.25, 0.3) is 0 Å². The maximum absolute atomic E-state index is 12.0. The molecule has 2 aromatic rings. The molecule has 6 heteroatoms. The van der Waals surface area contributed by atoms with Gasteiger partial charge in [0.1, 0.15) is 12.0 Å². The molecule has 0 aliphatic carbocycles. The number of amides is 2. The predicted molar refractivity (Wildman–Crippen MR) is 70.1 cm³/mol. The van der Waals surface area contributed by atoms with Crippen molar-refractivity contribution in [3.05, 3.63) is 35.8 Å². The number of benzene rings is 1. The third-order valence-corrected chi connectivity index (χ3v) is 3.45. The van der Waals surface area contributed by atoms with Crippen LogP contribution >= 0.6 is 0 Å². The van der Waals surface area contributed by atoms with E-state index < -0.39 is 5.92 Å². The molecule has 0 bridgehead atoms. The molecule has 1 aliphatic heterocycles. The van der Waals surface area contributed by atoms with E-state index >= 15 is 0 Å². The second kappa shape index (κ2) is 4.80. The monoisotopic (exact) mass is 269 g/mol. The molecule has 1 saturated heterocycles. The lowest BCUT2D eigenvalue weighted by atomic mass is 9.89. The first kappa shape index (κ1) is 12.4. The van der Waals surface area contributed by atoms with Crippen molar-refractivity contribution in [3.8, 4) is 0 Å². The summed E-state index contributed by atoms with van der Waals surface area (Å²) in [6.45, 7) is 0. The van der Waals surface area contributed by atoms with Gasteiger partial charge in [0.05, 0.1) is 11.4 Å². The topological polar surface area (TPSA) is 89.0 Å². The highest BCUT2D eigenvalue weighted by Crippen LogP contribution is 2.30. The lowest BCUT2D eigenvalue weighted by Crippen LogP contribution is -2.39. The first-order valence-corrected chi connectivity index (χ1v) is 6.23. The van der Waals surface area contributed by atoms with E-state index in [4.69, 9.17) is 0 Å². The lowest BCUT2D eigenvalue weighted by Gasteiger charge is -2.21. The average Bonchev–Trinajstić information content (AvgIpc) is 2.46. The van der Waals surface area contributed by atoms with E-state index in [0.29, 0.717) is 35.7 Å². The minimum absolute atomic E-state index is 0.255. The number of para-hydroxylation sites is 1. The van der Waals surface area contributed by atoms with E-state index in [1.165, 1.54) is 6.33 Å². The zero-order chi connectivity index (χ0) is 14.1. The van der Waals surface area contributed by atoms with E-state index in [1.54, 1.807) is 18.2 Å². The van der Waals surface area contributed by atoms with E-state index in [9.17, 15) is 14.4 Å². The summed E-state index contributed by atoms with van der Waals surface area (Å²) in [5.74, 6) is -1.000. The highest BCUT2D eigenvalue weighted by Gasteiger charge is 2.29. The first-order valence-electron chi connectivity index (χ1n) is 6.23. The van der Waals surface area contributed by atoms with Gasteiger partial charge in [-0.1, -0.05) is 18.2 Å². The summed E-state index contributed by atoms with van der Waals surface area (Å²) in [6, 6.07) is 5.30. The number of nitrogens with zero attached hydrogens (tertiary/aromatic N) is 2. The van der Waals surface area contributed by atoms with Crippen LogP contribution in [0.5, 0.6) is 0 Å². The van der Waals surface area contributed by atoms with Gasteiger partial charge in [-0.2, -0.15) is 0 Å². The molecule has 0 radical (unpaired) electrons. The zero-order valence-corrected chi connectivity index (χ0v) is 10.5. The minimum atomic E-state index is -0.425. The van der Waals surface area contributed by atoms with Crippen LogP contribution in [0.3, 0.4) is 0 Å². The van der Waals surface area contributed by atoms with Crippen LogP contribution in [0.1, 0.15) is 34.8 Å². The molecule has 1 fully saturated rings. The Morgan fingerprint density at radius 3 is 2.85 bits per heavy atom. The molecule has 1 aliphatic rings. The summed E-state index contributed by atoms with van der Waals surface area (Å²) < 4.78 is 0. The standard InChI is InChI=1S/C14H11N3O3/c18-6-11-10-3-1-2-8(13(10)16-7-15-11)9-4-5-12(19)17-14(9)20/h1-3,6-7,9H,4-5H2,(H,17,19,20). The number of piperidine rings is 1. The van der Waals surface area contributed by atoms with Gasteiger partial charge in [-0.25, -0.2) is 9.97 Å². The van der Waals surface area contributed by atoms with E-state index in [-0.39, 0.29) is 11.8 Å². The molecular formula is C14H11N3O3. The van der Waals surface area contributed by atoms with Crippen LogP contribution in [0.15, 0.2) is 24.5 Å². The molecule has 20 heavy (non-hydrogen) atoms. The number of fused-ring (bicyclic) bond motifs is 1. The van der Waals surface area contributed by atoms with Crippen LogP contribution in [-0.2, 0) is 9.59 Å². The van der Waals surface area contributed by atoms with E-state index in [0.717, 1.165) is 5.56 Å². The van der Waals surface area contributed by atoms with Crippen molar-refractivity contribution >= 4 is 29.0 Å². The summed E-state index contributed by atoms with van der Waals surface area (Å²) in [6.07, 6.45) is 2.72. The molecule has 1 N–H and O–H groups in total. The largest absolute Gasteiger partial charge is 0.296 e. The lowest BCUT2D eigenvalue weighted by molar-refractivity contribution is -0.134. The molecule has 1 aromatic heterocycles. The molecule has 2 amide bonds. The second-order valence-corrected chi connectivity index (χ2v) is 4.62. The van der Waals surface area contributed by atoms with Crippen LogP contribution in [0.25, 0.3) is 10.9 Å². The third kappa shape index (κ3) is 1.95. The average molecular weight is 269 g/mol. The Balaban J connectivity index is 2.15. The van der Waals surface area contributed by atoms with Crippen LogP contribution < -0.4 is 5.32 Å². The number of aromatic nitrogens is 2. The normalized spacial score (nSPS) is 18.9. The highest BCUT2D eigenvalue weighted by molar-refractivity contribution is 6.03. The molecule has 0 spiro atoms. The molecule has 6 nitrogen and oxygen atoms in total. The van der Waals surface area contributed by atoms with Crippen molar-refractivity contribution in [2.24, 2.45) is 0 Å². The van der Waals surface area contributed by atoms with Gasteiger partial charge in [0, 0.05) is 11.8 Å². The maximum Gasteiger partial charge on any atom is 0.234 e. The third-order valence-electron chi connectivity index (χ3n) is 3.45. The van der Waals surface area contributed by atoms with Gasteiger partial charge in [0.15, 0.2) is 6.29 Å². The second-order valence-electron chi connectivity index (χ2n) is 4.62. The maximum atomic E-state index is 12.0. The molecule has 100 valence electrons. The Kier molecular flexibility index (Phi) is 2.98. The van der Waals surface area contributed by atoms with Crippen LogP contribution in [0.2, 0.25) is 0 Å². The number of carbonyl (C=O) groups excluding carboxylic acids is 3. The number of hydrogen-bond acceptors (Lipinski definition) is 5. The van der Waals surface area contributed by atoms with Gasteiger partial charge in [-0.05, 0) is 12.0 Å². The van der Waals surface area contributed by atoms with Gasteiger partial charge in [0.2, 0.25) is 11.8 Å². The summed E-state index contributed by atoms with van der Waals surface area (Å²) in [7, 11) is 0. The molecular weight excluding hydrogens is 258 g/mol. The molecule has 1 aromatic carbocycles. The summed E-state index contributed by atoms with van der Waals surface area (Å²) >= 11 is 0. The van der Waals surface area contributed by atoms with Crippen LogP contribution in [0, 0.1) is 0 Å². The molecule has 2 heterocycles. The first-order chi connectivity index (χ1) is 9.70. The molecule has 1 atom stereocenters. The van der Waals surface area contributed by atoms with Crippen molar-refractivity contribution < 1.29 is 14.4 Å². The van der Waals surface area contributed by atoms with Crippen molar-refractivity contribution in [1.82, 2.24) is 15.3 Å². The quantitative estimate of drug-likeness (QED) is 0.648. The fourth-order valence-corrected chi connectivity index (χ4v) is 2.50. The molecule has 3 rings (SSSR count). The number of carbonyl (C=O) groups is 3. The minimum Gasteiger partial charge on any atom is -0.296 e. The Morgan fingerprint density at radius 1 is 1.25 bits per heavy atom. The number of nitrogens with one attached hydrogen (secondary N) is 1. The van der Waals surface area contributed by atoms with Crippen molar-refractivity contribution in [2.45, 2.75) is 18.8 Å². The summed E-state index contributed by atoms with van der Waals surface area (Å²) in [5.41, 5.74) is 1.60.